The van der Waals surface area contributed by atoms with E-state index in [9.17, 15) is 0 Å². The van der Waals surface area contributed by atoms with Gasteiger partial charge in [0.2, 0.25) is 0 Å². The fourth-order valence-corrected chi connectivity index (χ4v) is 0.601. The molecule has 0 saturated heterocycles. The van der Waals surface area contributed by atoms with Crippen molar-refractivity contribution in [3.05, 3.63) is 0 Å². The average molecular weight is 101 g/mol. The molecule has 0 aromatic carbocycles. The first kappa shape index (κ1) is 4.02. The molecule has 2 atom stereocenters. The lowest BCUT2D eigenvalue weighted by molar-refractivity contribution is 1.19. The molecule has 6 heavy (non-hydrogen) atoms. The fourth-order valence-electron chi connectivity index (χ4n) is 0.336. The molecule has 1 fully saturated rings. The summed E-state index contributed by atoms with van der Waals surface area (Å²) in [5, 5.41) is 0.301. The van der Waals surface area contributed by atoms with E-state index in [1.807, 2.05) is 0 Å². The second-order valence-corrected chi connectivity index (χ2v) is 2.09. The first-order valence-electron chi connectivity index (χ1n) is 1.95. The van der Waals surface area contributed by atoms with Gasteiger partial charge in [-0.1, -0.05) is 0 Å². The van der Waals surface area contributed by atoms with Crippen molar-refractivity contribution >= 4 is 11.6 Å². The first-order chi connectivity index (χ1) is 2.84. The smallest absolute Gasteiger partial charge is 0.0486 e. The van der Waals surface area contributed by atoms with Gasteiger partial charge in [0, 0.05) is 11.3 Å². The lowest BCUT2D eigenvalue weighted by Crippen LogP contribution is -1.66. The zero-order chi connectivity index (χ0) is 4.57. The fraction of sp³-hybridized carbons (Fsp3) is 0.600. The largest absolute Gasteiger partial charge is 0.122 e. The van der Waals surface area contributed by atoms with E-state index in [4.69, 9.17) is 18.0 Å². The highest BCUT2D eigenvalue weighted by Crippen LogP contribution is 2.34. The second kappa shape index (κ2) is 1.17. The Labute approximate surface area is 42.5 Å². The van der Waals surface area contributed by atoms with Gasteiger partial charge in [-0.2, -0.15) is 0 Å². The molecule has 1 saturated carbocycles. The van der Waals surface area contributed by atoms with Gasteiger partial charge in [0.15, 0.2) is 0 Å². The van der Waals surface area contributed by atoms with Crippen LogP contribution in [0.25, 0.3) is 0 Å². The van der Waals surface area contributed by atoms with Crippen molar-refractivity contribution in [3.8, 4) is 12.3 Å². The predicted octanol–water partition coefficient (Wildman–Crippen LogP) is 1.25. The number of alkyl halides is 1. The molecule has 0 nitrogen and oxygen atoms in total. The highest BCUT2D eigenvalue weighted by atomic mass is 35.5. The number of hydrogen-bond donors (Lipinski definition) is 0. The van der Waals surface area contributed by atoms with Crippen LogP contribution >= 0.6 is 11.6 Å². The molecular weight excluding hydrogens is 95.5 g/mol. The molecule has 32 valence electrons. The number of rotatable bonds is 0. The molecule has 0 heterocycles. The maximum atomic E-state index is 5.51. The van der Waals surface area contributed by atoms with Crippen molar-refractivity contribution in [2.75, 3.05) is 0 Å². The van der Waals surface area contributed by atoms with Gasteiger partial charge in [0.1, 0.15) is 0 Å². The van der Waals surface area contributed by atoms with Gasteiger partial charge in [0.25, 0.3) is 0 Å². The van der Waals surface area contributed by atoms with Crippen LogP contribution in [0.5, 0.6) is 0 Å². The van der Waals surface area contributed by atoms with Crippen LogP contribution < -0.4 is 0 Å². The Morgan fingerprint density at radius 1 is 1.83 bits per heavy atom. The molecule has 0 radical (unpaired) electrons. The van der Waals surface area contributed by atoms with E-state index in [0.29, 0.717) is 11.3 Å². The van der Waals surface area contributed by atoms with Gasteiger partial charge in [-0.05, 0) is 6.42 Å². The maximum Gasteiger partial charge on any atom is 0.0486 e. The van der Waals surface area contributed by atoms with Crippen LogP contribution in [0.3, 0.4) is 0 Å². The third kappa shape index (κ3) is 0.507. The van der Waals surface area contributed by atoms with E-state index < -0.39 is 0 Å². The van der Waals surface area contributed by atoms with Crippen molar-refractivity contribution in [2.24, 2.45) is 5.92 Å². The minimum Gasteiger partial charge on any atom is -0.122 e. The Balaban J connectivity index is 2.31. The maximum absolute atomic E-state index is 5.51. The standard InChI is InChI=1S/C5H5Cl/c1-2-4-3-5(4)6/h1,4-5H,3H2/t4-,5-/m1/s1. The summed E-state index contributed by atoms with van der Waals surface area (Å²) in [6.07, 6.45) is 6.02. The average Bonchev–Trinajstić information content (AvgIpc) is 2.19. The summed E-state index contributed by atoms with van der Waals surface area (Å²) in [7, 11) is 0. The molecule has 1 aliphatic carbocycles. The lowest BCUT2D eigenvalue weighted by Gasteiger charge is -1.66. The molecule has 0 aromatic rings. The SMILES string of the molecule is C#C[C@@H]1C[C@H]1Cl. The number of halogens is 1. The van der Waals surface area contributed by atoms with E-state index in [-0.39, 0.29) is 0 Å². The van der Waals surface area contributed by atoms with Gasteiger partial charge in [-0.3, -0.25) is 0 Å². The van der Waals surface area contributed by atoms with Gasteiger partial charge >= 0.3 is 0 Å². The molecule has 0 N–H and O–H groups in total. The van der Waals surface area contributed by atoms with Crippen molar-refractivity contribution in [1.82, 2.24) is 0 Å². The Kier molecular flexibility index (Phi) is 0.782. The summed E-state index contributed by atoms with van der Waals surface area (Å²) in [6.45, 7) is 0. The van der Waals surface area contributed by atoms with Crippen LogP contribution in [0, 0.1) is 18.3 Å². The molecule has 0 unspecified atom stereocenters. The monoisotopic (exact) mass is 100 g/mol. The minimum absolute atomic E-state index is 0.301. The van der Waals surface area contributed by atoms with Crippen LogP contribution in [-0.2, 0) is 0 Å². The summed E-state index contributed by atoms with van der Waals surface area (Å²) in [6, 6.07) is 0. The van der Waals surface area contributed by atoms with E-state index in [2.05, 4.69) is 5.92 Å². The van der Waals surface area contributed by atoms with Crippen LogP contribution in [-0.4, -0.2) is 5.38 Å². The Hall–Kier alpha value is -0.150. The molecule has 1 heteroatoms. The third-order valence-electron chi connectivity index (χ3n) is 0.927. The van der Waals surface area contributed by atoms with E-state index in [1.165, 1.54) is 0 Å². The van der Waals surface area contributed by atoms with Gasteiger partial charge in [-0.15, -0.1) is 23.9 Å². The molecule has 0 amide bonds. The van der Waals surface area contributed by atoms with E-state index >= 15 is 0 Å². The number of terminal acetylenes is 1. The Morgan fingerprint density at radius 2 is 2.33 bits per heavy atom. The topological polar surface area (TPSA) is 0 Å². The Morgan fingerprint density at radius 3 is 2.33 bits per heavy atom. The van der Waals surface area contributed by atoms with Crippen molar-refractivity contribution in [1.29, 1.82) is 0 Å². The summed E-state index contributed by atoms with van der Waals surface area (Å²) in [5.41, 5.74) is 0. The third-order valence-corrected chi connectivity index (χ3v) is 1.41. The van der Waals surface area contributed by atoms with Crippen LogP contribution in [0.1, 0.15) is 6.42 Å². The van der Waals surface area contributed by atoms with E-state index in [0.717, 1.165) is 6.42 Å². The summed E-state index contributed by atoms with van der Waals surface area (Å²) in [5.74, 6) is 2.95. The highest BCUT2D eigenvalue weighted by Gasteiger charge is 2.32. The van der Waals surface area contributed by atoms with Crippen LogP contribution in [0.2, 0.25) is 0 Å². The highest BCUT2D eigenvalue weighted by molar-refractivity contribution is 6.22. The molecular formula is C5H5Cl. The van der Waals surface area contributed by atoms with Gasteiger partial charge in [-0.25, -0.2) is 0 Å². The van der Waals surface area contributed by atoms with Crippen molar-refractivity contribution in [2.45, 2.75) is 11.8 Å². The lowest BCUT2D eigenvalue weighted by atomic mass is 10.5. The van der Waals surface area contributed by atoms with Crippen molar-refractivity contribution in [3.63, 3.8) is 0 Å². The van der Waals surface area contributed by atoms with Gasteiger partial charge < -0.3 is 0 Å². The molecule has 0 aromatic heterocycles. The summed E-state index contributed by atoms with van der Waals surface area (Å²) in [4.78, 5) is 0. The zero-order valence-electron chi connectivity index (χ0n) is 3.32. The minimum atomic E-state index is 0.301. The molecule has 0 bridgehead atoms. The number of hydrogen-bond acceptors (Lipinski definition) is 0. The molecule has 0 spiro atoms. The normalized spacial score (nSPS) is 41.3. The first-order valence-corrected chi connectivity index (χ1v) is 2.38. The van der Waals surface area contributed by atoms with Crippen LogP contribution in [0.15, 0.2) is 0 Å². The quantitative estimate of drug-likeness (QED) is 0.318. The second-order valence-electron chi connectivity index (χ2n) is 1.52. The summed E-state index contributed by atoms with van der Waals surface area (Å²) < 4.78 is 0. The van der Waals surface area contributed by atoms with Crippen LogP contribution in [0.4, 0.5) is 0 Å². The van der Waals surface area contributed by atoms with Gasteiger partial charge in [0.05, 0.1) is 0 Å². The zero-order valence-corrected chi connectivity index (χ0v) is 4.07. The Bertz CT molecular complexity index is 90.6. The molecule has 1 aliphatic rings. The van der Waals surface area contributed by atoms with E-state index in [1.54, 1.807) is 0 Å². The molecule has 1 rings (SSSR count). The van der Waals surface area contributed by atoms with Crippen molar-refractivity contribution < 1.29 is 0 Å². The molecule has 0 aliphatic heterocycles. The summed E-state index contributed by atoms with van der Waals surface area (Å²) >= 11 is 5.51. The predicted molar refractivity (Wildman–Crippen MR) is 26.6 cm³/mol.